The highest BCUT2D eigenvalue weighted by atomic mass is 32.2. The molecule has 1 atom stereocenters. The van der Waals surface area contributed by atoms with Crippen molar-refractivity contribution in [3.63, 3.8) is 0 Å². The second-order valence-electron chi connectivity index (χ2n) is 11.1. The number of carbonyl (C=O) groups is 2. The van der Waals surface area contributed by atoms with E-state index in [1.807, 2.05) is 0 Å². The predicted octanol–water partition coefficient (Wildman–Crippen LogP) is 4.01. The zero-order chi connectivity index (χ0) is 32.7. The molecule has 1 aliphatic heterocycles. The molecule has 1 spiro atoms. The minimum absolute atomic E-state index is 0.171. The normalized spacial score (nSPS) is 21.0. The summed E-state index contributed by atoms with van der Waals surface area (Å²) in [6, 6.07) is 14.6. The van der Waals surface area contributed by atoms with Crippen molar-refractivity contribution in [3.05, 3.63) is 95.1 Å². The molecule has 0 saturated heterocycles. The molecule has 0 N–H and O–H groups in total. The molecule has 44 heavy (non-hydrogen) atoms. The standard InChI is InChI=1S/C31H33N3O8S2/c1-20-18-24(33-43(37,38)22-14-10-8-11-15-22)31(19-21(20)2)26(29(36)42-7)25(28(35)41-6)27(32-30(3,4)5)34(31)44(39,40)23-16-12-9-13-17-23/h8-19H,1-7H3/b32-27?,33-24+. The van der Waals surface area contributed by atoms with Gasteiger partial charge in [-0.3, -0.25) is 4.99 Å². The highest BCUT2D eigenvalue weighted by molar-refractivity contribution is 7.90. The molecule has 2 aromatic carbocycles. The fourth-order valence-corrected chi connectivity index (χ4v) is 7.66. The van der Waals surface area contributed by atoms with Gasteiger partial charge in [0, 0.05) is 0 Å². The van der Waals surface area contributed by atoms with Crippen LogP contribution in [-0.2, 0) is 39.1 Å². The van der Waals surface area contributed by atoms with Gasteiger partial charge >= 0.3 is 11.9 Å². The van der Waals surface area contributed by atoms with E-state index < -0.39 is 60.0 Å². The van der Waals surface area contributed by atoms with Crippen LogP contribution in [0.4, 0.5) is 0 Å². The molecule has 13 heteroatoms. The van der Waals surface area contributed by atoms with Crippen LogP contribution in [0.15, 0.2) is 114 Å². The van der Waals surface area contributed by atoms with Crippen LogP contribution < -0.4 is 0 Å². The molecule has 4 rings (SSSR count). The van der Waals surface area contributed by atoms with E-state index in [1.54, 1.807) is 46.8 Å². The van der Waals surface area contributed by atoms with Crippen LogP contribution in [0.1, 0.15) is 34.6 Å². The van der Waals surface area contributed by atoms with Gasteiger partial charge in [-0.25, -0.2) is 22.3 Å². The molecule has 1 heterocycles. The maximum Gasteiger partial charge on any atom is 0.342 e. The molecule has 1 unspecified atom stereocenters. The summed E-state index contributed by atoms with van der Waals surface area (Å²) in [5.41, 5.74) is -3.70. The van der Waals surface area contributed by atoms with Crippen molar-refractivity contribution in [1.82, 2.24) is 4.31 Å². The van der Waals surface area contributed by atoms with E-state index in [4.69, 9.17) is 9.47 Å². The fourth-order valence-electron chi connectivity index (χ4n) is 4.91. The number of rotatable bonds is 6. The number of carbonyl (C=O) groups excluding carboxylic acids is 2. The first-order valence-electron chi connectivity index (χ1n) is 13.4. The van der Waals surface area contributed by atoms with Gasteiger partial charge in [0.1, 0.15) is 5.57 Å². The van der Waals surface area contributed by atoms with E-state index >= 15 is 0 Å². The molecule has 11 nitrogen and oxygen atoms in total. The van der Waals surface area contributed by atoms with E-state index in [-0.39, 0.29) is 15.5 Å². The summed E-state index contributed by atoms with van der Waals surface area (Å²) in [7, 11) is -7.07. The van der Waals surface area contributed by atoms with Crippen molar-refractivity contribution in [2.24, 2.45) is 9.39 Å². The fraction of sp³-hybridized carbons (Fsp3) is 0.290. The number of aliphatic imine (C=N–C) groups is 1. The molecule has 0 fully saturated rings. The maximum atomic E-state index is 14.7. The van der Waals surface area contributed by atoms with Crippen molar-refractivity contribution in [2.75, 3.05) is 14.2 Å². The first kappa shape index (κ1) is 32.6. The Morgan fingerprint density at radius 1 is 0.795 bits per heavy atom. The number of methoxy groups -OCH3 is 2. The molecule has 2 aliphatic rings. The summed E-state index contributed by atoms with van der Waals surface area (Å²) in [6.07, 6.45) is 2.77. The third-order valence-corrected chi connectivity index (χ3v) is 10.0. The van der Waals surface area contributed by atoms with Gasteiger partial charge in [-0.15, -0.1) is 0 Å². The maximum absolute atomic E-state index is 14.7. The van der Waals surface area contributed by atoms with Crippen molar-refractivity contribution < 1.29 is 35.9 Å². The van der Waals surface area contributed by atoms with Crippen molar-refractivity contribution >= 4 is 43.5 Å². The number of hydrogen-bond donors (Lipinski definition) is 0. The second kappa shape index (κ2) is 11.6. The number of amidine groups is 1. The summed E-state index contributed by atoms with van der Waals surface area (Å²) in [5.74, 6) is -2.63. The van der Waals surface area contributed by atoms with E-state index in [9.17, 15) is 26.4 Å². The zero-order valence-electron chi connectivity index (χ0n) is 25.4. The molecule has 1 aliphatic carbocycles. The predicted molar refractivity (Wildman–Crippen MR) is 165 cm³/mol. The smallest absolute Gasteiger partial charge is 0.342 e. The summed E-state index contributed by atoms with van der Waals surface area (Å²) in [5, 5.41) is 0. The summed E-state index contributed by atoms with van der Waals surface area (Å²) in [4.78, 5) is 31.6. The van der Waals surface area contributed by atoms with Crippen LogP contribution in [-0.4, -0.2) is 69.9 Å². The van der Waals surface area contributed by atoms with Crippen LogP contribution in [0.5, 0.6) is 0 Å². The Kier molecular flexibility index (Phi) is 8.60. The number of benzene rings is 2. The van der Waals surface area contributed by atoms with Gasteiger partial charge in [0.15, 0.2) is 11.4 Å². The van der Waals surface area contributed by atoms with Gasteiger partial charge in [-0.2, -0.15) is 12.8 Å². The van der Waals surface area contributed by atoms with Crippen LogP contribution in [0.2, 0.25) is 0 Å². The number of hydrogen-bond acceptors (Lipinski definition) is 9. The lowest BCUT2D eigenvalue weighted by molar-refractivity contribution is -0.139. The van der Waals surface area contributed by atoms with E-state index in [1.165, 1.54) is 60.7 Å². The molecule has 232 valence electrons. The second-order valence-corrected chi connectivity index (χ2v) is 14.5. The average molecular weight is 640 g/mol. The largest absolute Gasteiger partial charge is 0.466 e. The Hall–Kier alpha value is -4.36. The van der Waals surface area contributed by atoms with Crippen LogP contribution >= 0.6 is 0 Å². The lowest BCUT2D eigenvalue weighted by Crippen LogP contribution is -2.57. The quantitative estimate of drug-likeness (QED) is 0.431. The minimum Gasteiger partial charge on any atom is -0.466 e. The lowest BCUT2D eigenvalue weighted by Gasteiger charge is -2.40. The van der Waals surface area contributed by atoms with Gasteiger partial charge in [0.25, 0.3) is 20.0 Å². The Bertz CT molecular complexity index is 1880. The number of sulfonamides is 2. The summed E-state index contributed by atoms with van der Waals surface area (Å²) >= 11 is 0. The number of nitrogens with zero attached hydrogens (tertiary/aromatic N) is 3. The Morgan fingerprint density at radius 3 is 1.82 bits per heavy atom. The lowest BCUT2D eigenvalue weighted by atomic mass is 9.78. The molecular formula is C31H33N3O8S2. The monoisotopic (exact) mass is 639 g/mol. The topological polar surface area (TPSA) is 149 Å². The van der Waals surface area contributed by atoms with Gasteiger partial charge in [-0.1, -0.05) is 36.4 Å². The van der Waals surface area contributed by atoms with Gasteiger partial charge in [0.05, 0.1) is 40.8 Å². The van der Waals surface area contributed by atoms with Crippen LogP contribution in [0.3, 0.4) is 0 Å². The van der Waals surface area contributed by atoms with E-state index in [0.717, 1.165) is 18.5 Å². The first-order chi connectivity index (χ1) is 20.5. The molecule has 0 bridgehead atoms. The van der Waals surface area contributed by atoms with Crippen molar-refractivity contribution in [1.29, 1.82) is 0 Å². The van der Waals surface area contributed by atoms with Crippen LogP contribution in [0, 0.1) is 0 Å². The zero-order valence-corrected chi connectivity index (χ0v) is 27.0. The van der Waals surface area contributed by atoms with Gasteiger partial charge in [-0.05, 0) is 82.2 Å². The molecule has 0 aromatic heterocycles. The van der Waals surface area contributed by atoms with Crippen LogP contribution in [0.25, 0.3) is 0 Å². The summed E-state index contributed by atoms with van der Waals surface area (Å²) in [6.45, 7) is 8.36. The Morgan fingerprint density at radius 2 is 1.32 bits per heavy atom. The molecule has 0 radical (unpaired) electrons. The van der Waals surface area contributed by atoms with Gasteiger partial charge in [0.2, 0.25) is 0 Å². The summed E-state index contributed by atoms with van der Waals surface area (Å²) < 4.78 is 72.0. The number of ether oxygens (including phenoxy) is 2. The minimum atomic E-state index is -4.72. The Labute approximate surface area is 257 Å². The average Bonchev–Trinajstić information content (AvgIpc) is 3.25. The third-order valence-electron chi connectivity index (χ3n) is 6.92. The Balaban J connectivity index is 2.30. The van der Waals surface area contributed by atoms with E-state index in [2.05, 4.69) is 9.39 Å². The first-order valence-corrected chi connectivity index (χ1v) is 16.3. The molecule has 2 aromatic rings. The van der Waals surface area contributed by atoms with Gasteiger partial charge < -0.3 is 9.47 Å². The van der Waals surface area contributed by atoms with Crippen molar-refractivity contribution in [3.8, 4) is 0 Å². The molecular weight excluding hydrogens is 606 g/mol. The third kappa shape index (κ3) is 5.64. The highest BCUT2D eigenvalue weighted by Gasteiger charge is 2.62. The van der Waals surface area contributed by atoms with Crippen molar-refractivity contribution in [2.45, 2.75) is 55.5 Å². The SMILES string of the molecule is COC(=O)C1=C(C(=O)OC)C2(C=C(C)C(C)=C/C2=N\S(=O)(=O)c2ccccc2)N(S(=O)(=O)c2ccccc2)C1=NC(C)(C)C. The molecule has 0 amide bonds. The number of allylic oxidation sites excluding steroid dienone is 2. The number of esters is 2. The molecule has 0 saturated carbocycles. The van der Waals surface area contributed by atoms with E-state index in [0.29, 0.717) is 11.1 Å². The highest BCUT2D eigenvalue weighted by Crippen LogP contribution is 2.47.